The van der Waals surface area contributed by atoms with E-state index in [1.807, 2.05) is 42.9 Å². The van der Waals surface area contributed by atoms with Crippen molar-refractivity contribution < 1.29 is 21.7 Å². The summed E-state index contributed by atoms with van der Waals surface area (Å²) in [7, 11) is 0.144. The fourth-order valence-corrected chi connectivity index (χ4v) is 3.30. The fraction of sp³-hybridized carbons (Fsp3) is 0.200. The molecular formula is C25H28N6O4S. The van der Waals surface area contributed by atoms with Gasteiger partial charge in [0.1, 0.15) is 0 Å². The van der Waals surface area contributed by atoms with Gasteiger partial charge in [0.05, 0.1) is 26.9 Å². The van der Waals surface area contributed by atoms with Gasteiger partial charge in [0.25, 0.3) is 0 Å². The van der Waals surface area contributed by atoms with Crippen LogP contribution in [0.3, 0.4) is 0 Å². The topological polar surface area (TPSA) is 116 Å². The van der Waals surface area contributed by atoms with Crippen LogP contribution in [0.4, 0.5) is 17.3 Å². The van der Waals surface area contributed by atoms with Gasteiger partial charge in [-0.3, -0.25) is 4.18 Å². The molecule has 36 heavy (non-hydrogen) atoms. The molecule has 0 aliphatic heterocycles. The monoisotopic (exact) mass is 508 g/mol. The number of hydrogen-bond acceptors (Lipinski definition) is 8. The Kier molecular flexibility index (Phi) is 9.39. The van der Waals surface area contributed by atoms with Gasteiger partial charge in [0.2, 0.25) is 16.7 Å². The Hall–Kier alpha value is -3.93. The molecule has 0 fully saturated rings. The van der Waals surface area contributed by atoms with Crippen molar-refractivity contribution >= 4 is 27.7 Å². The van der Waals surface area contributed by atoms with Crippen molar-refractivity contribution in [2.45, 2.75) is 13.1 Å². The van der Waals surface area contributed by atoms with E-state index >= 15 is 0 Å². The maximum atomic E-state index is 9.22. The first kappa shape index (κ1) is 26.7. The Labute approximate surface area is 211 Å². The highest BCUT2D eigenvalue weighted by Crippen LogP contribution is 2.24. The molecule has 1 heterocycles. The normalized spacial score (nSPS) is 11.2. The summed E-state index contributed by atoms with van der Waals surface area (Å²) < 4.78 is 34.5. The van der Waals surface area contributed by atoms with E-state index in [9.17, 15) is 13.0 Å². The largest absolute Gasteiger partial charge is 0.726 e. The van der Waals surface area contributed by atoms with E-state index in [2.05, 4.69) is 85.1 Å². The van der Waals surface area contributed by atoms with Crippen molar-refractivity contribution in [3.63, 3.8) is 0 Å². The third kappa shape index (κ3) is 8.38. The zero-order chi connectivity index (χ0) is 26.0. The molecule has 0 aliphatic carbocycles. The maximum Gasteiger partial charge on any atom is 0.403 e. The lowest BCUT2D eigenvalue weighted by atomic mass is 10.1. The van der Waals surface area contributed by atoms with Gasteiger partial charge in [-0.2, -0.15) is 0 Å². The number of benzene rings is 3. The van der Waals surface area contributed by atoms with Crippen LogP contribution < -0.4 is 9.47 Å². The van der Waals surface area contributed by atoms with Crippen LogP contribution in [0.15, 0.2) is 101 Å². The standard InChI is InChI=1S/C24H25N6.CH4O4S/c1-28-19-25-29(2)24(28)27-26-22-13-15-23(16-14-22)30(17-20-9-5-3-6-10-20)18-21-11-7-4-8-12-21;1-5-6(2,3)4/h3-16,19H,17-18H2,1-2H3;1H3,(H,2,3,4)/q+1;/p-1. The van der Waals surface area contributed by atoms with Crippen molar-refractivity contribution in [3.05, 3.63) is 102 Å². The second-order valence-electron chi connectivity index (χ2n) is 7.78. The molecule has 0 bridgehead atoms. The van der Waals surface area contributed by atoms with Crippen LogP contribution >= 0.6 is 0 Å². The molecule has 3 aromatic carbocycles. The molecule has 0 aliphatic rings. The molecule has 1 aromatic heterocycles. The van der Waals surface area contributed by atoms with E-state index in [4.69, 9.17) is 0 Å². The lowest BCUT2D eigenvalue weighted by Crippen LogP contribution is -2.25. The molecule has 0 unspecified atom stereocenters. The van der Waals surface area contributed by atoms with Crippen LogP contribution in [0.5, 0.6) is 0 Å². The van der Waals surface area contributed by atoms with E-state index in [1.54, 1.807) is 11.0 Å². The number of nitrogens with zero attached hydrogens (tertiary/aromatic N) is 6. The molecule has 0 saturated carbocycles. The van der Waals surface area contributed by atoms with Crippen LogP contribution in [-0.2, 0) is 41.8 Å². The molecule has 0 radical (unpaired) electrons. The third-order valence-electron chi connectivity index (χ3n) is 5.11. The summed E-state index contributed by atoms with van der Waals surface area (Å²) in [6.45, 7) is 1.67. The Morgan fingerprint density at radius 1 is 0.917 bits per heavy atom. The summed E-state index contributed by atoms with van der Waals surface area (Å²) >= 11 is 0. The first-order valence-corrected chi connectivity index (χ1v) is 12.3. The summed E-state index contributed by atoms with van der Waals surface area (Å²) in [5, 5.41) is 12.8. The number of anilines is 1. The smallest absolute Gasteiger partial charge is 0.403 e. The van der Waals surface area contributed by atoms with E-state index in [-0.39, 0.29) is 0 Å². The molecular weight excluding hydrogens is 480 g/mol. The lowest BCUT2D eigenvalue weighted by Gasteiger charge is -2.25. The van der Waals surface area contributed by atoms with E-state index in [0.29, 0.717) is 5.95 Å². The summed E-state index contributed by atoms with van der Waals surface area (Å²) in [5.41, 5.74) is 4.51. The first-order chi connectivity index (χ1) is 17.2. The van der Waals surface area contributed by atoms with Crippen molar-refractivity contribution in [2.75, 3.05) is 12.0 Å². The second-order valence-corrected chi connectivity index (χ2v) is 8.93. The summed E-state index contributed by atoms with van der Waals surface area (Å²) in [5.74, 6) is 0.689. The minimum Gasteiger partial charge on any atom is -0.726 e. The van der Waals surface area contributed by atoms with Gasteiger partial charge in [0.15, 0.2) is 0 Å². The molecule has 0 atom stereocenters. The predicted molar refractivity (Wildman–Crippen MR) is 134 cm³/mol. The SMILES string of the molecule is COS(=O)(=O)[O-].Cn1nc[n+](C)c1N=Nc1ccc(N(Cc2ccccc2)Cc2ccccc2)cc1. The molecule has 0 saturated heterocycles. The van der Waals surface area contributed by atoms with Gasteiger partial charge in [-0.1, -0.05) is 65.8 Å². The van der Waals surface area contributed by atoms with Crippen molar-refractivity contribution in [3.8, 4) is 0 Å². The Morgan fingerprint density at radius 3 is 1.83 bits per heavy atom. The highest BCUT2D eigenvalue weighted by Gasteiger charge is 2.12. The third-order valence-corrected chi connectivity index (χ3v) is 5.52. The van der Waals surface area contributed by atoms with Gasteiger partial charge in [-0.05, 0) is 40.5 Å². The van der Waals surface area contributed by atoms with Gasteiger partial charge in [-0.15, -0.1) is 4.68 Å². The van der Waals surface area contributed by atoms with E-state index in [1.165, 1.54) is 11.1 Å². The van der Waals surface area contributed by atoms with Crippen LogP contribution in [0, 0.1) is 0 Å². The highest BCUT2D eigenvalue weighted by molar-refractivity contribution is 7.80. The Bertz CT molecular complexity index is 1300. The van der Waals surface area contributed by atoms with Crippen LogP contribution in [0.25, 0.3) is 0 Å². The van der Waals surface area contributed by atoms with Crippen molar-refractivity contribution in [2.24, 2.45) is 24.3 Å². The Balaban J connectivity index is 0.000000538. The van der Waals surface area contributed by atoms with E-state index in [0.717, 1.165) is 31.6 Å². The fourth-order valence-electron chi connectivity index (χ4n) is 3.30. The number of aromatic nitrogens is 3. The van der Waals surface area contributed by atoms with Crippen LogP contribution in [-0.4, -0.2) is 29.9 Å². The van der Waals surface area contributed by atoms with Gasteiger partial charge in [0, 0.05) is 23.9 Å². The molecule has 0 spiro atoms. The zero-order valence-corrected chi connectivity index (χ0v) is 21.1. The number of hydrogen-bond donors (Lipinski definition) is 0. The average molecular weight is 509 g/mol. The van der Waals surface area contributed by atoms with Gasteiger partial charge in [-0.25, -0.2) is 13.0 Å². The highest BCUT2D eigenvalue weighted by atomic mass is 32.3. The summed E-state index contributed by atoms with van der Waals surface area (Å²) in [4.78, 5) is 2.37. The predicted octanol–water partition coefficient (Wildman–Crippen LogP) is 3.96. The Morgan fingerprint density at radius 2 is 1.42 bits per heavy atom. The first-order valence-electron chi connectivity index (χ1n) is 11.0. The minimum absolute atomic E-state index is 0.689. The summed E-state index contributed by atoms with van der Waals surface area (Å²) in [6, 6.07) is 29.3. The summed E-state index contributed by atoms with van der Waals surface area (Å²) in [6.07, 6.45) is 1.71. The molecule has 10 nitrogen and oxygen atoms in total. The number of aryl methyl sites for hydroxylation is 2. The number of azo groups is 1. The van der Waals surface area contributed by atoms with Crippen LogP contribution in [0.1, 0.15) is 11.1 Å². The minimum atomic E-state index is -4.41. The molecule has 4 aromatic rings. The van der Waals surface area contributed by atoms with Gasteiger partial charge < -0.3 is 9.45 Å². The molecule has 11 heteroatoms. The quantitative estimate of drug-likeness (QED) is 0.154. The van der Waals surface area contributed by atoms with Crippen LogP contribution in [0.2, 0.25) is 0 Å². The van der Waals surface area contributed by atoms with E-state index < -0.39 is 10.4 Å². The van der Waals surface area contributed by atoms with Crippen molar-refractivity contribution in [1.29, 1.82) is 0 Å². The second kappa shape index (κ2) is 12.7. The maximum absolute atomic E-state index is 9.22. The molecule has 188 valence electrons. The lowest BCUT2D eigenvalue weighted by molar-refractivity contribution is -0.659. The van der Waals surface area contributed by atoms with Crippen molar-refractivity contribution in [1.82, 2.24) is 9.78 Å². The zero-order valence-electron chi connectivity index (χ0n) is 20.3. The van der Waals surface area contributed by atoms with Gasteiger partial charge >= 0.3 is 5.95 Å². The average Bonchev–Trinajstić information content (AvgIpc) is 3.21. The molecule has 0 amide bonds. The molecule has 4 rings (SSSR count). The number of rotatable bonds is 8. The molecule has 0 N–H and O–H groups in total.